The largest absolute Gasteiger partial charge is 0.313 e. The molecule has 2 saturated carbocycles. The summed E-state index contributed by atoms with van der Waals surface area (Å²) in [6, 6.07) is 0.516. The molecule has 2 aliphatic rings. The van der Waals surface area contributed by atoms with Crippen LogP contribution >= 0.6 is 0 Å². The van der Waals surface area contributed by atoms with Crippen molar-refractivity contribution in [3.8, 4) is 0 Å². The molecule has 0 spiro atoms. The van der Waals surface area contributed by atoms with Crippen molar-refractivity contribution in [3.05, 3.63) is 0 Å². The third-order valence-corrected chi connectivity index (χ3v) is 6.93. The summed E-state index contributed by atoms with van der Waals surface area (Å²) in [5, 5.41) is 4.48. The summed E-state index contributed by atoms with van der Waals surface area (Å²) in [6.45, 7) is 5.50. The van der Waals surface area contributed by atoms with Gasteiger partial charge in [-0.15, -0.1) is 0 Å². The van der Waals surface area contributed by atoms with Crippen LogP contribution in [0.15, 0.2) is 0 Å². The van der Waals surface area contributed by atoms with Crippen molar-refractivity contribution in [1.82, 2.24) is 5.32 Å². The van der Waals surface area contributed by atoms with E-state index in [4.69, 9.17) is 0 Å². The van der Waals surface area contributed by atoms with Gasteiger partial charge in [0.1, 0.15) is 0 Å². The lowest BCUT2D eigenvalue weighted by Crippen LogP contribution is -2.47. The first-order chi connectivity index (χ1) is 8.72. The maximum atomic E-state index is 12.9. The van der Waals surface area contributed by atoms with E-state index in [0.29, 0.717) is 16.5 Å². The first kappa shape index (κ1) is 14.5. The van der Waals surface area contributed by atoms with E-state index in [1.54, 1.807) is 0 Å². The van der Waals surface area contributed by atoms with Crippen LogP contribution in [0.5, 0.6) is 0 Å². The van der Waals surface area contributed by atoms with E-state index in [1.165, 1.54) is 51.4 Å². The van der Waals surface area contributed by atoms with Gasteiger partial charge in [0.25, 0.3) is 0 Å². The Bertz CT molecular complexity index is 280. The maximum Gasteiger partial charge on any atom is 0.0504 e. The minimum absolute atomic E-state index is 0.425. The van der Waals surface area contributed by atoms with Crippen LogP contribution in [0.4, 0.5) is 0 Å². The fourth-order valence-corrected chi connectivity index (χ4v) is 6.07. The minimum Gasteiger partial charge on any atom is -0.313 e. The van der Waals surface area contributed by atoms with Gasteiger partial charge < -0.3 is 5.32 Å². The van der Waals surface area contributed by atoms with Crippen molar-refractivity contribution in [2.75, 3.05) is 6.54 Å². The molecule has 2 nitrogen and oxygen atoms in total. The zero-order valence-electron chi connectivity index (χ0n) is 12.0. The lowest BCUT2D eigenvalue weighted by molar-refractivity contribution is 0.366. The lowest BCUT2D eigenvalue weighted by atomic mass is 9.90. The molecular weight excluding hydrogens is 242 g/mol. The second-order valence-electron chi connectivity index (χ2n) is 6.21. The molecule has 0 bridgehead atoms. The third-order valence-electron chi connectivity index (χ3n) is 4.68. The summed E-state index contributed by atoms with van der Waals surface area (Å²) in [7, 11) is -0.608. The van der Waals surface area contributed by atoms with Crippen LogP contribution in [0.1, 0.15) is 65.2 Å². The van der Waals surface area contributed by atoms with Gasteiger partial charge in [-0.2, -0.15) is 0 Å². The fourth-order valence-electron chi connectivity index (χ4n) is 3.71. The standard InChI is InChI=1S/C15H29NOS/c1-3-16-14-9-4-5-10-15(14)18(17)13-8-6-7-12(2)11-13/h12-16H,3-11H2,1-2H3. The van der Waals surface area contributed by atoms with E-state index in [0.717, 1.165) is 12.5 Å². The van der Waals surface area contributed by atoms with Crippen molar-refractivity contribution in [3.63, 3.8) is 0 Å². The van der Waals surface area contributed by atoms with E-state index in [9.17, 15) is 4.21 Å². The van der Waals surface area contributed by atoms with Gasteiger partial charge in [0.15, 0.2) is 0 Å². The Morgan fingerprint density at radius 2 is 1.89 bits per heavy atom. The number of hydrogen-bond donors (Lipinski definition) is 1. The molecule has 2 aliphatic carbocycles. The molecule has 0 aliphatic heterocycles. The summed E-state index contributed by atoms with van der Waals surface area (Å²) in [5.41, 5.74) is 0. The van der Waals surface area contributed by atoms with E-state index >= 15 is 0 Å². The van der Waals surface area contributed by atoms with Crippen molar-refractivity contribution >= 4 is 10.8 Å². The summed E-state index contributed by atoms with van der Waals surface area (Å²) in [5.74, 6) is 0.786. The molecule has 3 heteroatoms. The molecule has 0 aromatic rings. The smallest absolute Gasteiger partial charge is 0.0504 e. The highest BCUT2D eigenvalue weighted by Gasteiger charge is 2.34. The fraction of sp³-hybridized carbons (Fsp3) is 1.00. The molecule has 18 heavy (non-hydrogen) atoms. The predicted molar refractivity (Wildman–Crippen MR) is 79.3 cm³/mol. The Morgan fingerprint density at radius 3 is 2.61 bits per heavy atom. The molecule has 0 aromatic carbocycles. The van der Waals surface area contributed by atoms with Crippen LogP contribution < -0.4 is 5.32 Å². The first-order valence-corrected chi connectivity index (χ1v) is 9.12. The molecule has 2 fully saturated rings. The summed E-state index contributed by atoms with van der Waals surface area (Å²) in [6.07, 6.45) is 10.0. The van der Waals surface area contributed by atoms with Crippen LogP contribution in [0.2, 0.25) is 0 Å². The molecule has 0 amide bonds. The van der Waals surface area contributed by atoms with Crippen molar-refractivity contribution in [2.45, 2.75) is 81.8 Å². The van der Waals surface area contributed by atoms with Crippen LogP contribution in [-0.2, 0) is 10.8 Å². The topological polar surface area (TPSA) is 29.1 Å². The highest BCUT2D eigenvalue weighted by atomic mass is 32.2. The molecule has 1 N–H and O–H groups in total. The normalized spacial score (nSPS) is 39.4. The Morgan fingerprint density at radius 1 is 1.11 bits per heavy atom. The van der Waals surface area contributed by atoms with Crippen LogP contribution in [-0.4, -0.2) is 27.3 Å². The molecule has 106 valence electrons. The van der Waals surface area contributed by atoms with Crippen LogP contribution in [0.3, 0.4) is 0 Å². The van der Waals surface area contributed by atoms with Gasteiger partial charge in [-0.1, -0.05) is 39.5 Å². The molecule has 0 heterocycles. The van der Waals surface area contributed by atoms with Gasteiger partial charge in [-0.05, 0) is 38.1 Å². The van der Waals surface area contributed by atoms with Gasteiger partial charge in [0, 0.05) is 22.1 Å². The van der Waals surface area contributed by atoms with E-state index in [-0.39, 0.29) is 0 Å². The van der Waals surface area contributed by atoms with Crippen molar-refractivity contribution < 1.29 is 4.21 Å². The second kappa shape index (κ2) is 7.04. The average Bonchev–Trinajstić information content (AvgIpc) is 2.39. The Labute approximate surface area is 115 Å². The average molecular weight is 271 g/mol. The van der Waals surface area contributed by atoms with E-state index < -0.39 is 10.8 Å². The molecule has 2 rings (SSSR count). The third kappa shape index (κ3) is 3.57. The molecule has 0 radical (unpaired) electrons. The van der Waals surface area contributed by atoms with Gasteiger partial charge in [-0.3, -0.25) is 4.21 Å². The Hall–Kier alpha value is 0.110. The SMILES string of the molecule is CCNC1CCCCC1S(=O)C1CCCC(C)C1. The molecule has 0 aromatic heterocycles. The number of hydrogen-bond acceptors (Lipinski definition) is 2. The number of nitrogens with one attached hydrogen (secondary N) is 1. The Kier molecular flexibility index (Phi) is 5.68. The molecular formula is C15H29NOS. The molecule has 5 unspecified atom stereocenters. The predicted octanol–water partition coefficient (Wildman–Crippen LogP) is 3.23. The highest BCUT2D eigenvalue weighted by Crippen LogP contribution is 2.32. The highest BCUT2D eigenvalue weighted by molar-refractivity contribution is 7.86. The quantitative estimate of drug-likeness (QED) is 0.850. The zero-order valence-corrected chi connectivity index (χ0v) is 12.8. The van der Waals surface area contributed by atoms with E-state index in [1.807, 2.05) is 0 Å². The summed E-state index contributed by atoms with van der Waals surface area (Å²) < 4.78 is 12.9. The summed E-state index contributed by atoms with van der Waals surface area (Å²) in [4.78, 5) is 0. The van der Waals surface area contributed by atoms with Crippen LogP contribution in [0, 0.1) is 5.92 Å². The second-order valence-corrected chi connectivity index (χ2v) is 8.14. The summed E-state index contributed by atoms with van der Waals surface area (Å²) >= 11 is 0. The monoisotopic (exact) mass is 271 g/mol. The zero-order chi connectivity index (χ0) is 13.0. The Balaban J connectivity index is 1.96. The maximum absolute atomic E-state index is 12.9. The van der Waals surface area contributed by atoms with Crippen molar-refractivity contribution in [1.29, 1.82) is 0 Å². The van der Waals surface area contributed by atoms with Gasteiger partial charge in [0.05, 0.1) is 5.25 Å². The van der Waals surface area contributed by atoms with E-state index in [2.05, 4.69) is 19.2 Å². The van der Waals surface area contributed by atoms with Crippen molar-refractivity contribution in [2.24, 2.45) is 5.92 Å². The lowest BCUT2D eigenvalue weighted by Gasteiger charge is -2.36. The number of rotatable bonds is 4. The molecule has 0 saturated heterocycles. The first-order valence-electron chi connectivity index (χ1n) is 7.85. The van der Waals surface area contributed by atoms with Gasteiger partial charge in [-0.25, -0.2) is 0 Å². The van der Waals surface area contributed by atoms with Gasteiger partial charge in [0.2, 0.25) is 0 Å². The van der Waals surface area contributed by atoms with Crippen LogP contribution in [0.25, 0.3) is 0 Å². The molecule has 5 atom stereocenters. The minimum atomic E-state index is -0.608. The van der Waals surface area contributed by atoms with Gasteiger partial charge >= 0.3 is 0 Å².